The first-order chi connectivity index (χ1) is 12.7. The van der Waals surface area contributed by atoms with Gasteiger partial charge in [-0.25, -0.2) is 0 Å². The fourth-order valence-corrected chi connectivity index (χ4v) is 6.16. The van der Waals surface area contributed by atoms with Gasteiger partial charge in [-0.2, -0.15) is 0 Å². The van der Waals surface area contributed by atoms with Crippen LogP contribution in [0.5, 0.6) is 0 Å². The van der Waals surface area contributed by atoms with E-state index in [-0.39, 0.29) is 24.1 Å². The molecule has 4 rings (SSSR count). The first-order valence-corrected chi connectivity index (χ1v) is 9.49. The van der Waals surface area contributed by atoms with E-state index in [0.29, 0.717) is 19.3 Å². The lowest BCUT2D eigenvalue weighted by Crippen LogP contribution is -2.66. The first-order valence-electron chi connectivity index (χ1n) is 9.49. The predicted molar refractivity (Wildman–Crippen MR) is 94.9 cm³/mol. The van der Waals surface area contributed by atoms with Crippen LogP contribution in [0.4, 0.5) is 0 Å². The summed E-state index contributed by atoms with van der Waals surface area (Å²) in [6.45, 7) is 3.94. The van der Waals surface area contributed by atoms with Crippen LogP contribution in [0.2, 0.25) is 0 Å². The third-order valence-electron chi connectivity index (χ3n) is 7.45. The second kappa shape index (κ2) is 5.92. The van der Waals surface area contributed by atoms with Gasteiger partial charge in [-0.15, -0.1) is 0 Å². The third-order valence-corrected chi connectivity index (χ3v) is 7.45. The molecule has 7 nitrogen and oxygen atoms in total. The Hall–Kier alpha value is -2.15. The van der Waals surface area contributed by atoms with Gasteiger partial charge in [0, 0.05) is 17.4 Å². The Kier molecular flexibility index (Phi) is 4.00. The van der Waals surface area contributed by atoms with Gasteiger partial charge in [0.1, 0.15) is 6.10 Å². The second-order valence-electron chi connectivity index (χ2n) is 8.92. The van der Waals surface area contributed by atoms with Gasteiger partial charge >= 0.3 is 5.97 Å². The van der Waals surface area contributed by atoms with Gasteiger partial charge in [-0.05, 0) is 42.6 Å². The van der Waals surface area contributed by atoms with Gasteiger partial charge in [0.05, 0.1) is 24.5 Å². The molecule has 1 aromatic rings. The van der Waals surface area contributed by atoms with Crippen LogP contribution < -0.4 is 11.5 Å². The molecular formula is C20H26N2O5. The van der Waals surface area contributed by atoms with Crippen molar-refractivity contribution in [3.8, 4) is 0 Å². The molecule has 3 fully saturated rings. The van der Waals surface area contributed by atoms with Crippen LogP contribution in [0.3, 0.4) is 0 Å². The first kappa shape index (κ1) is 18.2. The second-order valence-corrected chi connectivity index (χ2v) is 8.92. The Morgan fingerprint density at radius 3 is 2.63 bits per heavy atom. The third kappa shape index (κ3) is 2.47. The molecular weight excluding hydrogens is 348 g/mol. The maximum Gasteiger partial charge on any atom is 0.310 e. The monoisotopic (exact) mass is 374 g/mol. The molecule has 146 valence electrons. The van der Waals surface area contributed by atoms with Gasteiger partial charge in [-0.1, -0.05) is 13.8 Å². The molecule has 1 aliphatic heterocycles. The van der Waals surface area contributed by atoms with Gasteiger partial charge in [0.15, 0.2) is 5.78 Å². The van der Waals surface area contributed by atoms with E-state index in [9.17, 15) is 14.4 Å². The summed E-state index contributed by atoms with van der Waals surface area (Å²) in [5.74, 6) is -2.15. The number of carbonyl (C=O) groups is 3. The summed E-state index contributed by atoms with van der Waals surface area (Å²) in [5.41, 5.74) is 11.4. The average Bonchev–Trinajstić information content (AvgIpc) is 3.11. The number of primary amides is 1. The number of Topliss-reactive ketones (excluding diaryl/α,β-unsaturated/α-hetero) is 1. The number of rotatable bonds is 2. The molecule has 3 aliphatic rings. The molecule has 0 bridgehead atoms. The lowest BCUT2D eigenvalue weighted by molar-refractivity contribution is -0.200. The standard InChI is InChI=1S/C20H26N2O5/c1-19-5-3-11-18(25)27-14(10-4-6-26-9-10)8-20(11,2)16(19)15(23)13(21)7-12(19)17(22)24/h4,6,9,11-14,16H,3,5,7-8,21H2,1-2H3,(H2,22,24). The van der Waals surface area contributed by atoms with Crippen molar-refractivity contribution in [2.75, 3.05) is 0 Å². The number of esters is 1. The number of furan rings is 1. The van der Waals surface area contributed by atoms with Crippen LogP contribution in [-0.2, 0) is 19.1 Å². The number of amides is 1. The Labute approximate surface area is 157 Å². The summed E-state index contributed by atoms with van der Waals surface area (Å²) in [5, 5.41) is 0. The lowest BCUT2D eigenvalue weighted by atomic mass is 9.43. The zero-order valence-electron chi connectivity index (χ0n) is 15.6. The van der Waals surface area contributed by atoms with Crippen LogP contribution >= 0.6 is 0 Å². The van der Waals surface area contributed by atoms with Crippen molar-refractivity contribution in [2.24, 2.45) is 40.1 Å². The molecule has 0 aromatic carbocycles. The van der Waals surface area contributed by atoms with Crippen LogP contribution in [-0.4, -0.2) is 23.7 Å². The molecule has 0 spiro atoms. The highest BCUT2D eigenvalue weighted by Gasteiger charge is 2.66. The number of carbonyl (C=O) groups excluding carboxylic acids is 3. The highest BCUT2D eigenvalue weighted by molar-refractivity contribution is 5.93. The summed E-state index contributed by atoms with van der Waals surface area (Å²) in [4.78, 5) is 38.3. The summed E-state index contributed by atoms with van der Waals surface area (Å²) in [6.07, 6.45) is 4.54. The summed E-state index contributed by atoms with van der Waals surface area (Å²) in [6, 6.07) is 1.03. The summed E-state index contributed by atoms with van der Waals surface area (Å²) in [7, 11) is 0. The topological polar surface area (TPSA) is 126 Å². The highest BCUT2D eigenvalue weighted by Crippen LogP contribution is 2.64. The average molecular weight is 374 g/mol. The Morgan fingerprint density at radius 2 is 2.00 bits per heavy atom. The van der Waals surface area contributed by atoms with E-state index < -0.39 is 40.7 Å². The largest absolute Gasteiger partial charge is 0.472 e. The Bertz CT molecular complexity index is 790. The molecule has 2 aliphatic carbocycles. The van der Waals surface area contributed by atoms with Crippen molar-refractivity contribution < 1.29 is 23.5 Å². The Morgan fingerprint density at radius 1 is 1.26 bits per heavy atom. The van der Waals surface area contributed by atoms with Crippen molar-refractivity contribution in [1.29, 1.82) is 0 Å². The number of hydrogen-bond donors (Lipinski definition) is 2. The van der Waals surface area contributed by atoms with Crippen molar-refractivity contribution in [3.05, 3.63) is 24.2 Å². The minimum atomic E-state index is -0.735. The van der Waals surface area contributed by atoms with E-state index >= 15 is 0 Å². The fraction of sp³-hybridized carbons (Fsp3) is 0.650. The molecule has 7 heteroatoms. The predicted octanol–water partition coefficient (Wildman–Crippen LogP) is 1.71. The number of fused-ring (bicyclic) bond motifs is 3. The normalized spacial score (nSPS) is 44.2. The molecule has 2 heterocycles. The molecule has 4 N–H and O–H groups in total. The van der Waals surface area contributed by atoms with E-state index in [0.717, 1.165) is 5.56 Å². The molecule has 0 radical (unpaired) electrons. The zero-order chi connectivity index (χ0) is 19.6. The van der Waals surface area contributed by atoms with Crippen LogP contribution in [0.15, 0.2) is 23.0 Å². The van der Waals surface area contributed by atoms with Gasteiger partial charge < -0.3 is 20.6 Å². The van der Waals surface area contributed by atoms with E-state index in [4.69, 9.17) is 20.6 Å². The maximum atomic E-state index is 13.2. The van der Waals surface area contributed by atoms with Crippen molar-refractivity contribution in [1.82, 2.24) is 0 Å². The smallest absolute Gasteiger partial charge is 0.310 e. The molecule has 7 atom stereocenters. The van der Waals surface area contributed by atoms with E-state index in [1.807, 2.05) is 13.8 Å². The van der Waals surface area contributed by atoms with Crippen molar-refractivity contribution in [3.63, 3.8) is 0 Å². The van der Waals surface area contributed by atoms with Gasteiger partial charge in [0.2, 0.25) is 5.91 Å². The number of ketones is 1. The van der Waals surface area contributed by atoms with Gasteiger partial charge in [-0.3, -0.25) is 14.4 Å². The number of hydrogen-bond acceptors (Lipinski definition) is 6. The van der Waals surface area contributed by atoms with Crippen molar-refractivity contribution >= 4 is 17.7 Å². The SMILES string of the molecule is CC12CCC3C(=O)OC(c4ccoc4)CC3(C)C1C(=O)C(N)CC2C(N)=O. The molecule has 1 aromatic heterocycles. The lowest BCUT2D eigenvalue weighted by Gasteiger charge is -2.61. The van der Waals surface area contributed by atoms with Crippen LogP contribution in [0, 0.1) is 28.6 Å². The van der Waals surface area contributed by atoms with Crippen molar-refractivity contribution in [2.45, 2.75) is 51.7 Å². The van der Waals surface area contributed by atoms with Crippen LogP contribution in [0.1, 0.15) is 51.2 Å². The quantitative estimate of drug-likeness (QED) is 0.759. The minimum Gasteiger partial charge on any atom is -0.472 e. The number of cyclic esters (lactones) is 1. The Balaban J connectivity index is 1.79. The molecule has 27 heavy (non-hydrogen) atoms. The van der Waals surface area contributed by atoms with E-state index in [1.54, 1.807) is 12.3 Å². The van der Waals surface area contributed by atoms with Crippen LogP contribution in [0.25, 0.3) is 0 Å². The summed E-state index contributed by atoms with van der Waals surface area (Å²) < 4.78 is 10.8. The zero-order valence-corrected chi connectivity index (χ0v) is 15.6. The number of ether oxygens (including phenoxy) is 1. The maximum absolute atomic E-state index is 13.2. The number of nitrogens with two attached hydrogens (primary N) is 2. The highest BCUT2D eigenvalue weighted by atomic mass is 16.5. The molecule has 2 saturated carbocycles. The summed E-state index contributed by atoms with van der Waals surface area (Å²) >= 11 is 0. The van der Waals surface area contributed by atoms with E-state index in [2.05, 4.69) is 0 Å². The van der Waals surface area contributed by atoms with E-state index in [1.165, 1.54) is 6.26 Å². The molecule has 1 saturated heterocycles. The molecule has 7 unspecified atom stereocenters. The molecule has 1 amide bonds. The van der Waals surface area contributed by atoms with Gasteiger partial charge in [0.25, 0.3) is 0 Å². The fourth-order valence-electron chi connectivity index (χ4n) is 6.16. The minimum absolute atomic E-state index is 0.0668.